The van der Waals surface area contributed by atoms with E-state index in [2.05, 4.69) is 12.1 Å². The lowest BCUT2D eigenvalue weighted by molar-refractivity contribution is -0.119. The van der Waals surface area contributed by atoms with Gasteiger partial charge in [0, 0.05) is 13.0 Å². The fourth-order valence-corrected chi connectivity index (χ4v) is 4.00. The Balaban J connectivity index is 1.40. The smallest absolute Gasteiger partial charge is 0.338 e. The Hall–Kier alpha value is -3.76. The van der Waals surface area contributed by atoms with Crippen LogP contribution in [0.5, 0.6) is 0 Å². The molecule has 0 amide bonds. The first kappa shape index (κ1) is 22.4. The minimum Gasteiger partial charge on any atom is -0.457 e. The highest BCUT2D eigenvalue weighted by Crippen LogP contribution is 2.22. The van der Waals surface area contributed by atoms with Crippen molar-refractivity contribution >= 4 is 22.5 Å². The topological polar surface area (TPSA) is 69.4 Å². The lowest BCUT2D eigenvalue weighted by Crippen LogP contribution is -2.23. The third-order valence-corrected chi connectivity index (χ3v) is 5.93. The van der Waals surface area contributed by atoms with Crippen molar-refractivity contribution in [2.24, 2.45) is 5.73 Å². The number of nitrogens with two attached hydrogens (primary N) is 1. The molecule has 0 spiro atoms. The van der Waals surface area contributed by atoms with Crippen LogP contribution in [0.2, 0.25) is 0 Å². The molecular formula is C29H27NO3. The van der Waals surface area contributed by atoms with Crippen LogP contribution in [0.25, 0.3) is 10.8 Å². The van der Waals surface area contributed by atoms with Crippen LogP contribution in [0.15, 0.2) is 91.0 Å². The van der Waals surface area contributed by atoms with Gasteiger partial charge in [0.25, 0.3) is 0 Å². The Kier molecular flexibility index (Phi) is 6.96. The van der Waals surface area contributed by atoms with E-state index in [4.69, 9.17) is 10.5 Å². The zero-order chi connectivity index (χ0) is 23.2. The zero-order valence-electron chi connectivity index (χ0n) is 18.7. The van der Waals surface area contributed by atoms with Gasteiger partial charge in [-0.1, -0.05) is 84.9 Å². The average Bonchev–Trinajstić information content (AvgIpc) is 2.84. The van der Waals surface area contributed by atoms with E-state index in [-0.39, 0.29) is 30.8 Å². The molecule has 0 bridgehead atoms. The molecule has 0 saturated carbocycles. The molecule has 0 aliphatic rings. The first-order chi connectivity index (χ1) is 16.0. The first-order valence-electron chi connectivity index (χ1n) is 11.1. The van der Waals surface area contributed by atoms with Crippen LogP contribution in [0.4, 0.5) is 0 Å². The molecule has 4 aromatic rings. The van der Waals surface area contributed by atoms with Gasteiger partial charge >= 0.3 is 5.97 Å². The normalized spacial score (nSPS) is 11.8. The summed E-state index contributed by atoms with van der Waals surface area (Å²) in [6.45, 7) is 2.30. The van der Waals surface area contributed by atoms with Crippen molar-refractivity contribution in [2.75, 3.05) is 6.54 Å². The molecular weight excluding hydrogens is 410 g/mol. The molecule has 1 unspecified atom stereocenters. The standard InChI is InChI=1S/C29H27NO3/c1-20-6-2-5-9-26(20)29(32)33-19-21-10-14-24(15-11-21)27(18-30)28(31)17-22-12-13-23-7-3-4-8-25(23)16-22/h2-16,27H,17-19,30H2,1H3. The molecule has 4 heteroatoms. The van der Waals surface area contributed by atoms with Crippen LogP contribution in [0, 0.1) is 6.92 Å². The fraction of sp³-hybridized carbons (Fsp3) is 0.172. The van der Waals surface area contributed by atoms with Crippen molar-refractivity contribution in [1.29, 1.82) is 0 Å². The quantitative estimate of drug-likeness (QED) is 0.377. The molecule has 0 heterocycles. The first-order valence-corrected chi connectivity index (χ1v) is 11.1. The lowest BCUT2D eigenvalue weighted by Gasteiger charge is -2.15. The molecule has 2 N–H and O–H groups in total. The Labute approximate surface area is 194 Å². The Bertz CT molecular complexity index is 1280. The number of ketones is 1. The van der Waals surface area contributed by atoms with E-state index in [1.54, 1.807) is 6.07 Å². The second-order valence-electron chi connectivity index (χ2n) is 8.25. The number of esters is 1. The summed E-state index contributed by atoms with van der Waals surface area (Å²) in [5.41, 5.74) is 10.1. The maximum atomic E-state index is 13.0. The van der Waals surface area contributed by atoms with Crippen LogP contribution < -0.4 is 5.73 Å². The number of carbonyl (C=O) groups is 2. The largest absolute Gasteiger partial charge is 0.457 e. The summed E-state index contributed by atoms with van der Waals surface area (Å²) >= 11 is 0. The summed E-state index contributed by atoms with van der Waals surface area (Å²) in [5.74, 6) is -0.630. The molecule has 166 valence electrons. The monoisotopic (exact) mass is 437 g/mol. The summed E-state index contributed by atoms with van der Waals surface area (Å²) < 4.78 is 5.45. The molecule has 4 rings (SSSR count). The average molecular weight is 438 g/mol. The SMILES string of the molecule is Cc1ccccc1C(=O)OCc1ccc(C(CN)C(=O)Cc2ccc3ccccc3c2)cc1. The van der Waals surface area contributed by atoms with Gasteiger partial charge in [-0.3, -0.25) is 4.79 Å². The molecule has 0 aliphatic carbocycles. The minimum atomic E-state index is -0.375. The van der Waals surface area contributed by atoms with Gasteiger partial charge in [-0.15, -0.1) is 0 Å². The molecule has 0 radical (unpaired) electrons. The number of rotatable bonds is 8. The number of aryl methyl sites for hydroxylation is 1. The van der Waals surface area contributed by atoms with Crippen molar-refractivity contribution in [1.82, 2.24) is 0 Å². The summed E-state index contributed by atoms with van der Waals surface area (Å²) in [6.07, 6.45) is 0.336. The summed E-state index contributed by atoms with van der Waals surface area (Å²) in [5, 5.41) is 2.28. The van der Waals surface area contributed by atoms with Crippen molar-refractivity contribution in [3.8, 4) is 0 Å². The predicted octanol–water partition coefficient (Wildman–Crippen LogP) is 5.36. The van der Waals surface area contributed by atoms with Crippen molar-refractivity contribution in [2.45, 2.75) is 25.9 Å². The predicted molar refractivity (Wildman–Crippen MR) is 131 cm³/mol. The van der Waals surface area contributed by atoms with Gasteiger partial charge in [0.1, 0.15) is 12.4 Å². The third-order valence-electron chi connectivity index (χ3n) is 5.93. The molecule has 0 aliphatic heterocycles. The Morgan fingerprint density at radius 3 is 2.21 bits per heavy atom. The molecule has 0 fully saturated rings. The van der Waals surface area contributed by atoms with Crippen LogP contribution in [-0.4, -0.2) is 18.3 Å². The van der Waals surface area contributed by atoms with Crippen molar-refractivity contribution in [3.63, 3.8) is 0 Å². The van der Waals surface area contributed by atoms with E-state index in [9.17, 15) is 9.59 Å². The van der Waals surface area contributed by atoms with Crippen LogP contribution in [0.3, 0.4) is 0 Å². The van der Waals surface area contributed by atoms with E-state index < -0.39 is 0 Å². The maximum absolute atomic E-state index is 13.0. The fourth-order valence-electron chi connectivity index (χ4n) is 4.00. The van der Waals surface area contributed by atoms with Gasteiger partial charge in [-0.25, -0.2) is 4.79 Å². The highest BCUT2D eigenvalue weighted by atomic mass is 16.5. The van der Waals surface area contributed by atoms with Gasteiger partial charge in [-0.2, -0.15) is 0 Å². The number of hydrogen-bond acceptors (Lipinski definition) is 4. The molecule has 0 aromatic heterocycles. The molecule has 4 nitrogen and oxygen atoms in total. The number of Topliss-reactive ketones (excluding diaryl/α,β-unsaturated/α-hetero) is 1. The van der Waals surface area contributed by atoms with Gasteiger partial charge in [-0.05, 0) is 46.0 Å². The van der Waals surface area contributed by atoms with Crippen molar-refractivity contribution < 1.29 is 14.3 Å². The van der Waals surface area contributed by atoms with E-state index >= 15 is 0 Å². The van der Waals surface area contributed by atoms with Crippen molar-refractivity contribution in [3.05, 3.63) is 119 Å². The van der Waals surface area contributed by atoms with E-state index in [1.165, 1.54) is 0 Å². The summed E-state index contributed by atoms with van der Waals surface area (Å²) in [4.78, 5) is 25.3. The third kappa shape index (κ3) is 5.36. The summed E-state index contributed by atoms with van der Waals surface area (Å²) in [7, 11) is 0. The Morgan fingerprint density at radius 1 is 0.818 bits per heavy atom. The highest BCUT2D eigenvalue weighted by molar-refractivity contribution is 5.91. The Morgan fingerprint density at radius 2 is 1.48 bits per heavy atom. The zero-order valence-corrected chi connectivity index (χ0v) is 18.7. The van der Waals surface area contributed by atoms with E-state index in [0.717, 1.165) is 33.0 Å². The van der Waals surface area contributed by atoms with Gasteiger partial charge < -0.3 is 10.5 Å². The van der Waals surface area contributed by atoms with Gasteiger partial charge in [0.15, 0.2) is 0 Å². The molecule has 0 saturated heterocycles. The number of fused-ring (bicyclic) bond motifs is 1. The lowest BCUT2D eigenvalue weighted by atomic mass is 9.90. The number of hydrogen-bond donors (Lipinski definition) is 1. The van der Waals surface area contributed by atoms with E-state index in [1.807, 2.05) is 79.7 Å². The molecule has 4 aromatic carbocycles. The minimum absolute atomic E-state index is 0.0894. The van der Waals surface area contributed by atoms with Crippen LogP contribution >= 0.6 is 0 Å². The van der Waals surface area contributed by atoms with E-state index in [0.29, 0.717) is 12.0 Å². The second kappa shape index (κ2) is 10.2. The summed E-state index contributed by atoms with van der Waals surface area (Å²) in [6, 6.07) is 29.1. The number of benzene rings is 4. The van der Waals surface area contributed by atoms with Crippen LogP contribution in [0.1, 0.15) is 38.5 Å². The number of carbonyl (C=O) groups excluding carboxylic acids is 2. The second-order valence-corrected chi connectivity index (χ2v) is 8.25. The van der Waals surface area contributed by atoms with Gasteiger partial charge in [0.2, 0.25) is 0 Å². The highest BCUT2D eigenvalue weighted by Gasteiger charge is 2.19. The number of ether oxygens (including phenoxy) is 1. The molecule has 1 atom stereocenters. The molecule has 33 heavy (non-hydrogen) atoms. The van der Waals surface area contributed by atoms with Crippen LogP contribution in [-0.2, 0) is 22.6 Å². The maximum Gasteiger partial charge on any atom is 0.338 e. The van der Waals surface area contributed by atoms with Gasteiger partial charge in [0.05, 0.1) is 11.5 Å².